The minimum atomic E-state index is -0.157. The highest BCUT2D eigenvalue weighted by Crippen LogP contribution is 2.29. The van der Waals surface area contributed by atoms with Gasteiger partial charge in [-0.25, -0.2) is 0 Å². The summed E-state index contributed by atoms with van der Waals surface area (Å²) >= 11 is 6.35. The van der Waals surface area contributed by atoms with Gasteiger partial charge in [-0.2, -0.15) is 4.98 Å². The van der Waals surface area contributed by atoms with Crippen LogP contribution in [-0.2, 0) is 11.2 Å². The maximum absolute atomic E-state index is 5.61. The minimum absolute atomic E-state index is 0.157. The van der Waals surface area contributed by atoms with E-state index >= 15 is 0 Å². The van der Waals surface area contributed by atoms with Crippen LogP contribution in [0.5, 0.6) is 0 Å². The van der Waals surface area contributed by atoms with Gasteiger partial charge in [0.05, 0.1) is 10.6 Å². The van der Waals surface area contributed by atoms with Crippen molar-refractivity contribution >= 4 is 39.0 Å². The molecule has 0 aliphatic carbocycles. The first-order valence-electron chi connectivity index (χ1n) is 6.45. The van der Waals surface area contributed by atoms with Crippen LogP contribution < -0.4 is 0 Å². The first-order chi connectivity index (χ1) is 10.4. The van der Waals surface area contributed by atoms with E-state index in [0.29, 0.717) is 28.6 Å². The molecule has 0 aliphatic heterocycles. The van der Waals surface area contributed by atoms with Crippen LogP contribution in [0.1, 0.15) is 32.6 Å². The van der Waals surface area contributed by atoms with Gasteiger partial charge in [0.15, 0.2) is 0 Å². The van der Waals surface area contributed by atoms with Crippen LogP contribution in [-0.4, -0.2) is 20.3 Å². The summed E-state index contributed by atoms with van der Waals surface area (Å²) in [6.07, 6.45) is 0. The Bertz CT molecular complexity index is 775. The molecule has 0 fully saturated rings. The van der Waals surface area contributed by atoms with Gasteiger partial charge in [-0.05, 0) is 22.0 Å². The lowest BCUT2D eigenvalue weighted by atomic mass is 9.97. The molecule has 0 atom stereocenters. The number of hydrogen-bond acceptors (Lipinski definition) is 8. The quantitative estimate of drug-likeness (QED) is 0.594. The van der Waals surface area contributed by atoms with E-state index in [1.54, 1.807) is 11.3 Å². The molecule has 0 spiro atoms. The molecule has 3 aromatic rings. The number of thioether (sulfide) groups is 1. The highest BCUT2D eigenvalue weighted by Gasteiger charge is 2.22. The van der Waals surface area contributed by atoms with Crippen LogP contribution in [0.15, 0.2) is 30.1 Å². The maximum atomic E-state index is 5.61. The van der Waals surface area contributed by atoms with Gasteiger partial charge in [-0.3, -0.25) is 0 Å². The van der Waals surface area contributed by atoms with Crippen molar-refractivity contribution in [2.24, 2.45) is 0 Å². The molecule has 0 aromatic carbocycles. The number of hydrogen-bond donors (Lipinski definition) is 0. The van der Waals surface area contributed by atoms with Crippen molar-refractivity contribution in [1.29, 1.82) is 0 Å². The zero-order valence-corrected chi connectivity index (χ0v) is 15.4. The van der Waals surface area contributed by atoms with Crippen LogP contribution in [0.3, 0.4) is 0 Å². The second-order valence-corrected chi connectivity index (χ2v) is 8.31. The molecule has 116 valence electrons. The van der Waals surface area contributed by atoms with Crippen molar-refractivity contribution in [2.45, 2.75) is 37.2 Å². The molecule has 9 heteroatoms. The molecular weight excluding hydrogens is 388 g/mol. The lowest BCUT2D eigenvalue weighted by Crippen LogP contribution is -2.11. The summed E-state index contributed by atoms with van der Waals surface area (Å²) in [7, 11) is 0. The molecule has 0 saturated heterocycles. The Balaban J connectivity index is 1.65. The average Bonchev–Trinajstić information content (AvgIpc) is 3.15. The van der Waals surface area contributed by atoms with Crippen LogP contribution in [0.25, 0.3) is 10.7 Å². The third-order valence-electron chi connectivity index (χ3n) is 2.62. The van der Waals surface area contributed by atoms with E-state index in [0.717, 1.165) is 9.35 Å². The van der Waals surface area contributed by atoms with Crippen LogP contribution in [0, 0.1) is 0 Å². The minimum Gasteiger partial charge on any atom is -0.415 e. The predicted molar refractivity (Wildman–Crippen MR) is 87.9 cm³/mol. The van der Waals surface area contributed by atoms with Crippen LogP contribution in [0.4, 0.5) is 0 Å². The fraction of sp³-hybridized carbons (Fsp3) is 0.385. The van der Waals surface area contributed by atoms with E-state index in [1.165, 1.54) is 11.8 Å². The van der Waals surface area contributed by atoms with E-state index in [9.17, 15) is 0 Å². The van der Waals surface area contributed by atoms with Crippen molar-refractivity contribution < 1.29 is 8.94 Å². The topological polar surface area (TPSA) is 77.8 Å². The lowest BCUT2D eigenvalue weighted by Gasteiger charge is -2.10. The monoisotopic (exact) mass is 400 g/mol. The number of aromatic nitrogens is 4. The Kier molecular flexibility index (Phi) is 4.37. The number of nitrogens with zero attached hydrogens (tertiary/aromatic N) is 4. The molecule has 0 amide bonds. The summed E-state index contributed by atoms with van der Waals surface area (Å²) in [5.41, 5.74) is -0.157. The largest absolute Gasteiger partial charge is 0.415 e. The molecular formula is C13H13BrN4O2S2. The van der Waals surface area contributed by atoms with Gasteiger partial charge >= 0.3 is 0 Å². The Morgan fingerprint density at radius 2 is 2.14 bits per heavy atom. The summed E-state index contributed by atoms with van der Waals surface area (Å²) in [6.45, 7) is 6.08. The van der Waals surface area contributed by atoms with Crippen molar-refractivity contribution in [1.82, 2.24) is 20.3 Å². The zero-order chi connectivity index (χ0) is 15.7. The number of rotatable bonds is 4. The van der Waals surface area contributed by atoms with E-state index in [4.69, 9.17) is 8.94 Å². The summed E-state index contributed by atoms with van der Waals surface area (Å²) in [4.78, 5) is 5.32. The second kappa shape index (κ2) is 6.13. The molecule has 3 heterocycles. The van der Waals surface area contributed by atoms with Gasteiger partial charge in [0.25, 0.3) is 5.22 Å². The SMILES string of the molecule is CC(C)(C)c1nnc(SCc2nc(-c3cc(Br)cs3)no2)o1. The molecule has 0 unspecified atom stereocenters. The molecule has 0 N–H and O–H groups in total. The third-order valence-corrected chi connectivity index (χ3v) is 5.11. The van der Waals surface area contributed by atoms with Gasteiger partial charge in [0.1, 0.15) is 0 Å². The first kappa shape index (κ1) is 15.7. The van der Waals surface area contributed by atoms with Gasteiger partial charge in [0, 0.05) is 15.3 Å². The fourth-order valence-corrected chi connectivity index (χ4v) is 3.49. The lowest BCUT2D eigenvalue weighted by molar-refractivity contribution is 0.346. The molecule has 3 aromatic heterocycles. The van der Waals surface area contributed by atoms with Crippen molar-refractivity contribution in [3.05, 3.63) is 27.7 Å². The number of halogens is 1. The zero-order valence-electron chi connectivity index (χ0n) is 12.2. The number of thiophene rings is 1. The molecule has 0 saturated carbocycles. The highest BCUT2D eigenvalue weighted by atomic mass is 79.9. The normalized spacial score (nSPS) is 12.0. The van der Waals surface area contributed by atoms with Gasteiger partial charge in [-0.15, -0.1) is 21.5 Å². The molecule has 0 radical (unpaired) electrons. The Morgan fingerprint density at radius 3 is 2.77 bits per heavy atom. The molecule has 22 heavy (non-hydrogen) atoms. The molecule has 6 nitrogen and oxygen atoms in total. The third kappa shape index (κ3) is 3.58. The van der Waals surface area contributed by atoms with Crippen molar-refractivity contribution in [3.8, 4) is 10.7 Å². The molecule has 0 aliphatic rings. The second-order valence-electron chi connectivity index (χ2n) is 5.55. The summed E-state index contributed by atoms with van der Waals surface area (Å²) in [5, 5.41) is 14.5. The molecule has 0 bridgehead atoms. The smallest absolute Gasteiger partial charge is 0.277 e. The maximum Gasteiger partial charge on any atom is 0.277 e. The Hall–Kier alpha value is -1.19. The van der Waals surface area contributed by atoms with Crippen LogP contribution in [0.2, 0.25) is 0 Å². The van der Waals surface area contributed by atoms with Gasteiger partial charge in [0.2, 0.25) is 17.6 Å². The van der Waals surface area contributed by atoms with Gasteiger partial charge < -0.3 is 8.94 Å². The Morgan fingerprint density at radius 1 is 1.32 bits per heavy atom. The van der Waals surface area contributed by atoms with E-state index in [1.807, 2.05) is 32.2 Å². The summed E-state index contributed by atoms with van der Waals surface area (Å²) in [5.74, 6) is 2.22. The first-order valence-corrected chi connectivity index (χ1v) is 9.11. The predicted octanol–water partition coefficient (Wildman–Crippen LogP) is 4.53. The Labute approximate surface area is 143 Å². The molecule has 3 rings (SSSR count). The van der Waals surface area contributed by atoms with Gasteiger partial charge in [-0.1, -0.05) is 37.7 Å². The van der Waals surface area contributed by atoms with Crippen molar-refractivity contribution in [3.63, 3.8) is 0 Å². The summed E-state index contributed by atoms with van der Waals surface area (Å²) in [6, 6.07) is 1.96. The van der Waals surface area contributed by atoms with Crippen LogP contribution >= 0.6 is 39.0 Å². The summed E-state index contributed by atoms with van der Waals surface area (Å²) < 4.78 is 11.9. The fourth-order valence-electron chi connectivity index (χ4n) is 1.54. The standard InChI is InChI=1S/C13H13BrN4O2S2/c1-13(2,3)11-16-17-12(19-11)22-6-9-15-10(18-20-9)8-4-7(14)5-21-8/h4-5H,6H2,1-3H3. The highest BCUT2D eigenvalue weighted by molar-refractivity contribution is 9.10. The van der Waals surface area contributed by atoms with E-state index in [2.05, 4.69) is 36.3 Å². The average molecular weight is 401 g/mol. The van der Waals surface area contributed by atoms with E-state index < -0.39 is 0 Å². The van der Waals surface area contributed by atoms with Crippen molar-refractivity contribution in [2.75, 3.05) is 0 Å². The van der Waals surface area contributed by atoms with E-state index in [-0.39, 0.29) is 5.41 Å².